The number of amides is 2. The maximum atomic E-state index is 12.5. The Kier molecular flexibility index (Phi) is 5.78. The van der Waals surface area contributed by atoms with Crippen molar-refractivity contribution in [2.45, 2.75) is 6.92 Å². The van der Waals surface area contributed by atoms with Gasteiger partial charge in [0.15, 0.2) is 0 Å². The quantitative estimate of drug-likeness (QED) is 0.377. The van der Waals surface area contributed by atoms with Gasteiger partial charge in [-0.15, -0.1) is 15.3 Å². The number of nitrogens with one attached hydrogen (secondary N) is 2. The Bertz CT molecular complexity index is 1480. The molecule has 2 amide bonds. The number of tetrazole rings is 1. The van der Waals surface area contributed by atoms with Gasteiger partial charge in [-0.05, 0) is 77.5 Å². The maximum absolute atomic E-state index is 12.5. The summed E-state index contributed by atoms with van der Waals surface area (Å²) in [4.78, 5) is 24.8. The number of rotatable bonds is 5. The van der Waals surface area contributed by atoms with Crippen LogP contribution in [0.25, 0.3) is 28.6 Å². The van der Waals surface area contributed by atoms with E-state index in [1.807, 2.05) is 31.2 Å². The number of nitrogens with zero attached hydrogens (tertiary/aromatic N) is 6. The molecule has 5 rings (SSSR count). The molecule has 0 saturated carbocycles. The molecule has 3 aromatic carbocycles. The van der Waals surface area contributed by atoms with Gasteiger partial charge in [0.25, 0.3) is 11.8 Å². The molecule has 0 bridgehead atoms. The van der Waals surface area contributed by atoms with Crippen LogP contribution in [-0.2, 0) is 0 Å². The highest BCUT2D eigenvalue weighted by Gasteiger charge is 2.14. The molecular weight excluding hydrogens is 448 g/mol. The Morgan fingerprint density at radius 1 is 0.800 bits per heavy atom. The van der Waals surface area contributed by atoms with Crippen LogP contribution in [0.4, 0.5) is 0 Å². The lowest BCUT2D eigenvalue weighted by molar-refractivity contribution is 0.0846. The van der Waals surface area contributed by atoms with Crippen molar-refractivity contribution in [3.63, 3.8) is 0 Å². The number of hydrogen-bond donors (Lipinski definition) is 2. The summed E-state index contributed by atoms with van der Waals surface area (Å²) in [5.74, 6) is -0.170. The van der Waals surface area contributed by atoms with Gasteiger partial charge >= 0.3 is 0 Å². The third-order valence-corrected chi connectivity index (χ3v) is 5.23. The van der Waals surface area contributed by atoms with E-state index in [0.29, 0.717) is 34.2 Å². The summed E-state index contributed by atoms with van der Waals surface area (Å²) < 4.78 is 7.27. The zero-order valence-corrected chi connectivity index (χ0v) is 18.4. The molecule has 2 heterocycles. The molecule has 0 aliphatic heterocycles. The van der Waals surface area contributed by atoms with E-state index in [0.717, 1.165) is 11.1 Å². The summed E-state index contributed by atoms with van der Waals surface area (Å²) in [5.41, 5.74) is 8.77. The SMILES string of the molecule is Cc1ccccc1-c1nnc(-c2ccc(C(=O)NNC(=O)c3ccc(-n4cnnn4)cc3)cc2)o1. The van der Waals surface area contributed by atoms with Gasteiger partial charge in [-0.25, -0.2) is 4.68 Å². The minimum absolute atomic E-state index is 0.341. The third-order valence-electron chi connectivity index (χ3n) is 5.23. The Balaban J connectivity index is 1.20. The molecule has 2 N–H and O–H groups in total. The molecule has 0 aliphatic carbocycles. The van der Waals surface area contributed by atoms with Gasteiger partial charge in [-0.1, -0.05) is 18.2 Å². The van der Waals surface area contributed by atoms with E-state index in [2.05, 4.69) is 36.6 Å². The van der Waals surface area contributed by atoms with Gasteiger partial charge in [-0.3, -0.25) is 20.4 Å². The van der Waals surface area contributed by atoms with Crippen molar-refractivity contribution in [1.29, 1.82) is 0 Å². The smallest absolute Gasteiger partial charge is 0.269 e. The van der Waals surface area contributed by atoms with Crippen LogP contribution in [0.1, 0.15) is 26.3 Å². The average molecular weight is 466 g/mol. The molecule has 0 spiro atoms. The summed E-state index contributed by atoms with van der Waals surface area (Å²) in [5, 5.41) is 19.1. The van der Waals surface area contributed by atoms with Crippen LogP contribution in [0.2, 0.25) is 0 Å². The van der Waals surface area contributed by atoms with Crippen LogP contribution in [-0.4, -0.2) is 42.2 Å². The summed E-state index contributed by atoms with van der Waals surface area (Å²) in [6.07, 6.45) is 1.45. The van der Waals surface area contributed by atoms with Gasteiger partial charge < -0.3 is 4.42 Å². The number of hydrazine groups is 1. The highest BCUT2D eigenvalue weighted by Crippen LogP contribution is 2.26. The zero-order chi connectivity index (χ0) is 24.2. The molecule has 0 atom stereocenters. The normalized spacial score (nSPS) is 10.7. The van der Waals surface area contributed by atoms with Gasteiger partial charge in [0.05, 0.1) is 5.69 Å². The summed E-state index contributed by atoms with van der Waals surface area (Å²) >= 11 is 0. The standard InChI is InChI=1S/C24H18N8O3/c1-15-4-2-3-5-20(15)24-29-28-23(35-24)18-8-6-16(7-9-18)21(33)26-27-22(34)17-10-12-19(13-11-17)32-14-25-30-31-32/h2-14H,1H3,(H,26,33)(H,27,34). The van der Waals surface area contributed by atoms with Crippen LogP contribution < -0.4 is 10.9 Å². The largest absolute Gasteiger partial charge is 0.416 e. The van der Waals surface area contributed by atoms with E-state index in [1.54, 1.807) is 48.5 Å². The highest BCUT2D eigenvalue weighted by atomic mass is 16.4. The van der Waals surface area contributed by atoms with Crippen LogP contribution >= 0.6 is 0 Å². The number of hydrogen-bond acceptors (Lipinski definition) is 8. The number of carbonyl (C=O) groups excluding carboxylic acids is 2. The lowest BCUT2D eigenvalue weighted by Gasteiger charge is -2.08. The fraction of sp³-hybridized carbons (Fsp3) is 0.0417. The first-order valence-corrected chi connectivity index (χ1v) is 10.5. The molecule has 0 aliphatic rings. The zero-order valence-electron chi connectivity index (χ0n) is 18.4. The van der Waals surface area contributed by atoms with Crippen LogP contribution in [0.5, 0.6) is 0 Å². The van der Waals surface area contributed by atoms with E-state index >= 15 is 0 Å². The second-order valence-corrected chi connectivity index (χ2v) is 7.51. The van der Waals surface area contributed by atoms with Crippen molar-refractivity contribution in [1.82, 2.24) is 41.3 Å². The first-order chi connectivity index (χ1) is 17.1. The Morgan fingerprint density at radius 3 is 2.06 bits per heavy atom. The fourth-order valence-electron chi connectivity index (χ4n) is 3.33. The van der Waals surface area contributed by atoms with Crippen molar-refractivity contribution < 1.29 is 14.0 Å². The van der Waals surface area contributed by atoms with Crippen molar-refractivity contribution in [2.75, 3.05) is 0 Å². The molecular formula is C24H18N8O3. The van der Waals surface area contributed by atoms with E-state index in [-0.39, 0.29) is 0 Å². The molecule has 0 radical (unpaired) electrons. The predicted molar refractivity (Wildman–Crippen MR) is 124 cm³/mol. The average Bonchev–Trinajstić information content (AvgIpc) is 3.61. The van der Waals surface area contributed by atoms with Gasteiger partial charge in [0.1, 0.15) is 6.33 Å². The summed E-state index contributed by atoms with van der Waals surface area (Å²) in [6, 6.07) is 20.9. The minimum atomic E-state index is -0.471. The Hall–Kier alpha value is -5.19. The highest BCUT2D eigenvalue weighted by molar-refractivity contribution is 5.99. The summed E-state index contributed by atoms with van der Waals surface area (Å²) in [7, 11) is 0. The molecule has 35 heavy (non-hydrogen) atoms. The van der Waals surface area contributed by atoms with E-state index in [1.165, 1.54) is 11.0 Å². The molecule has 172 valence electrons. The van der Waals surface area contributed by atoms with E-state index in [9.17, 15) is 9.59 Å². The molecule has 0 unspecified atom stereocenters. The predicted octanol–water partition coefficient (Wildman–Crippen LogP) is 2.76. The number of benzene rings is 3. The Morgan fingerprint density at radius 2 is 1.43 bits per heavy atom. The van der Waals surface area contributed by atoms with Crippen molar-refractivity contribution in [3.05, 3.63) is 95.8 Å². The molecule has 11 heteroatoms. The first kappa shape index (κ1) is 21.6. The lowest BCUT2D eigenvalue weighted by atomic mass is 10.1. The van der Waals surface area contributed by atoms with Crippen LogP contribution in [0.3, 0.4) is 0 Å². The maximum Gasteiger partial charge on any atom is 0.269 e. The topological polar surface area (TPSA) is 141 Å². The van der Waals surface area contributed by atoms with Crippen LogP contribution in [0, 0.1) is 6.92 Å². The first-order valence-electron chi connectivity index (χ1n) is 10.5. The number of aryl methyl sites for hydroxylation is 1. The molecule has 0 fully saturated rings. The van der Waals surface area contributed by atoms with Crippen LogP contribution in [0.15, 0.2) is 83.5 Å². The van der Waals surface area contributed by atoms with Crippen molar-refractivity contribution in [2.24, 2.45) is 0 Å². The molecule has 11 nitrogen and oxygen atoms in total. The van der Waals surface area contributed by atoms with E-state index < -0.39 is 11.8 Å². The van der Waals surface area contributed by atoms with Gasteiger partial charge in [0.2, 0.25) is 11.8 Å². The summed E-state index contributed by atoms with van der Waals surface area (Å²) in [6.45, 7) is 1.97. The monoisotopic (exact) mass is 466 g/mol. The van der Waals surface area contributed by atoms with Crippen molar-refractivity contribution in [3.8, 4) is 28.6 Å². The number of aromatic nitrogens is 6. The minimum Gasteiger partial charge on any atom is -0.416 e. The number of carbonyl (C=O) groups is 2. The van der Waals surface area contributed by atoms with Gasteiger partial charge in [0, 0.05) is 22.3 Å². The second-order valence-electron chi connectivity index (χ2n) is 7.51. The molecule has 0 saturated heterocycles. The fourth-order valence-corrected chi connectivity index (χ4v) is 3.33. The third kappa shape index (κ3) is 4.64. The molecule has 5 aromatic rings. The Labute approximate surface area is 198 Å². The van der Waals surface area contributed by atoms with Crippen molar-refractivity contribution >= 4 is 11.8 Å². The molecule has 2 aromatic heterocycles. The second kappa shape index (κ2) is 9.35. The van der Waals surface area contributed by atoms with Gasteiger partial charge in [-0.2, -0.15) is 0 Å². The lowest BCUT2D eigenvalue weighted by Crippen LogP contribution is -2.41. The van der Waals surface area contributed by atoms with E-state index in [4.69, 9.17) is 4.42 Å².